The number of imidazole rings is 1. The number of methoxy groups -OCH3 is 1. The molecule has 7 nitrogen and oxygen atoms in total. The van der Waals surface area contributed by atoms with Gasteiger partial charge in [0.25, 0.3) is 11.5 Å². The van der Waals surface area contributed by atoms with E-state index in [9.17, 15) is 14.4 Å². The van der Waals surface area contributed by atoms with Gasteiger partial charge in [-0.25, -0.2) is 9.78 Å². The van der Waals surface area contributed by atoms with Gasteiger partial charge in [-0.2, -0.15) is 0 Å². The Bertz CT molecular complexity index is 672. The summed E-state index contributed by atoms with van der Waals surface area (Å²) in [6, 6.07) is 1.12. The predicted molar refractivity (Wildman–Crippen MR) is 59.2 cm³/mol. The summed E-state index contributed by atoms with van der Waals surface area (Å²) in [4.78, 5) is 38.1. The molecule has 0 atom stereocenters. The summed E-state index contributed by atoms with van der Waals surface area (Å²) >= 11 is 0.920. The van der Waals surface area contributed by atoms with Crippen LogP contribution >= 0.6 is 11.3 Å². The van der Waals surface area contributed by atoms with Gasteiger partial charge >= 0.3 is 5.97 Å². The van der Waals surface area contributed by atoms with E-state index in [1.54, 1.807) is 0 Å². The normalized spacial score (nSPS) is 10.4. The number of nitrogens with two attached hydrogens (primary N) is 1. The first kappa shape index (κ1) is 11.3. The molecule has 2 N–H and O–H groups in total. The predicted octanol–water partition coefficient (Wildman–Crippen LogP) is -0.358. The molecule has 0 aliphatic rings. The van der Waals surface area contributed by atoms with Crippen molar-refractivity contribution in [2.24, 2.45) is 5.73 Å². The van der Waals surface area contributed by atoms with Crippen LogP contribution in [0.25, 0.3) is 4.83 Å². The Morgan fingerprint density at radius 2 is 2.24 bits per heavy atom. The molecule has 0 bridgehead atoms. The van der Waals surface area contributed by atoms with Crippen molar-refractivity contribution in [3.8, 4) is 0 Å². The van der Waals surface area contributed by atoms with Crippen LogP contribution < -0.4 is 11.3 Å². The van der Waals surface area contributed by atoms with Crippen LogP contribution in [0.2, 0.25) is 0 Å². The molecule has 2 aromatic heterocycles. The monoisotopic (exact) mass is 253 g/mol. The standard InChI is InChI=1S/C9H7N3O4S/c1-16-9(15)4-2-5(13)12-3-11-6(7(10)14)8(12)17-4/h2-3H,1H3,(H2,10,14). The summed E-state index contributed by atoms with van der Waals surface area (Å²) in [7, 11) is 1.20. The number of ether oxygens (including phenoxy) is 1. The molecule has 2 aromatic rings. The smallest absolute Gasteiger partial charge is 0.348 e. The Balaban J connectivity index is 2.78. The molecule has 0 spiro atoms. The Hall–Kier alpha value is -2.22. The van der Waals surface area contributed by atoms with Crippen LogP contribution in [0.3, 0.4) is 0 Å². The first-order chi connectivity index (χ1) is 8.04. The Morgan fingerprint density at radius 1 is 1.53 bits per heavy atom. The maximum Gasteiger partial charge on any atom is 0.348 e. The summed E-state index contributed by atoms with van der Waals surface area (Å²) in [6.07, 6.45) is 1.19. The minimum atomic E-state index is -0.759. The summed E-state index contributed by atoms with van der Waals surface area (Å²) in [5.74, 6) is -1.41. The number of amides is 1. The Labute approximate surface area is 98.5 Å². The number of hydrogen-bond donors (Lipinski definition) is 1. The lowest BCUT2D eigenvalue weighted by Gasteiger charge is -1.98. The molecule has 2 heterocycles. The van der Waals surface area contributed by atoms with Gasteiger partial charge in [0.15, 0.2) is 5.69 Å². The number of carbonyl (C=O) groups is 2. The van der Waals surface area contributed by atoms with E-state index in [0.717, 1.165) is 21.8 Å². The molecule has 2 rings (SSSR count). The van der Waals surface area contributed by atoms with Crippen molar-refractivity contribution in [2.75, 3.05) is 7.11 Å². The second-order valence-corrected chi connectivity index (χ2v) is 4.10. The lowest BCUT2D eigenvalue weighted by atomic mass is 10.4. The van der Waals surface area contributed by atoms with Crippen molar-refractivity contribution in [3.63, 3.8) is 0 Å². The molecule has 17 heavy (non-hydrogen) atoms. The highest BCUT2D eigenvalue weighted by Gasteiger charge is 2.16. The summed E-state index contributed by atoms with van der Waals surface area (Å²) in [5, 5.41) is 0. The fraction of sp³-hybridized carbons (Fsp3) is 0.111. The van der Waals surface area contributed by atoms with E-state index in [0.29, 0.717) is 0 Å². The number of carbonyl (C=O) groups excluding carboxylic acids is 2. The molecular formula is C9H7N3O4S. The van der Waals surface area contributed by atoms with Gasteiger partial charge in [-0.15, -0.1) is 11.3 Å². The van der Waals surface area contributed by atoms with Gasteiger partial charge in [0.2, 0.25) is 0 Å². The Kier molecular flexibility index (Phi) is 2.64. The first-order valence-electron chi connectivity index (χ1n) is 4.44. The highest BCUT2D eigenvalue weighted by Crippen LogP contribution is 2.17. The van der Waals surface area contributed by atoms with E-state index in [2.05, 4.69) is 9.72 Å². The van der Waals surface area contributed by atoms with Crippen LogP contribution in [-0.4, -0.2) is 28.4 Å². The molecule has 0 radical (unpaired) electrons. The molecule has 0 aliphatic carbocycles. The molecule has 0 fully saturated rings. The van der Waals surface area contributed by atoms with E-state index in [1.165, 1.54) is 13.4 Å². The second-order valence-electron chi connectivity index (χ2n) is 3.07. The average Bonchev–Trinajstić information content (AvgIpc) is 2.72. The van der Waals surface area contributed by atoms with Crippen molar-refractivity contribution >= 4 is 28.0 Å². The SMILES string of the molecule is COC(=O)c1cc(=O)n2cnc(C(N)=O)c2s1. The van der Waals surface area contributed by atoms with E-state index in [4.69, 9.17) is 5.73 Å². The van der Waals surface area contributed by atoms with Crippen LogP contribution in [0.1, 0.15) is 20.2 Å². The van der Waals surface area contributed by atoms with Gasteiger partial charge in [0.05, 0.1) is 7.11 Å². The van der Waals surface area contributed by atoms with Crippen LogP contribution in [0.15, 0.2) is 17.2 Å². The Morgan fingerprint density at radius 3 is 2.82 bits per heavy atom. The largest absolute Gasteiger partial charge is 0.465 e. The molecule has 0 unspecified atom stereocenters. The molecule has 88 valence electrons. The third kappa shape index (κ3) is 1.78. The summed E-state index contributed by atoms with van der Waals surface area (Å²) in [6.45, 7) is 0. The van der Waals surface area contributed by atoms with Crippen molar-refractivity contribution in [3.05, 3.63) is 33.3 Å². The quantitative estimate of drug-likeness (QED) is 0.736. The van der Waals surface area contributed by atoms with Crippen molar-refractivity contribution in [1.29, 1.82) is 0 Å². The average molecular weight is 253 g/mol. The zero-order valence-electron chi connectivity index (χ0n) is 8.67. The molecule has 0 saturated heterocycles. The van der Waals surface area contributed by atoms with E-state index in [-0.39, 0.29) is 15.4 Å². The van der Waals surface area contributed by atoms with Crippen LogP contribution in [0, 0.1) is 0 Å². The maximum absolute atomic E-state index is 11.6. The highest BCUT2D eigenvalue weighted by atomic mass is 32.1. The second kappa shape index (κ2) is 3.98. The fourth-order valence-electron chi connectivity index (χ4n) is 1.28. The van der Waals surface area contributed by atoms with Crippen LogP contribution in [-0.2, 0) is 4.74 Å². The van der Waals surface area contributed by atoms with E-state index in [1.807, 2.05) is 0 Å². The van der Waals surface area contributed by atoms with Crippen molar-refractivity contribution < 1.29 is 14.3 Å². The topological polar surface area (TPSA) is 104 Å². The van der Waals surface area contributed by atoms with Crippen LogP contribution in [0.4, 0.5) is 0 Å². The number of aromatic nitrogens is 2. The van der Waals surface area contributed by atoms with Crippen molar-refractivity contribution in [2.45, 2.75) is 0 Å². The zero-order valence-corrected chi connectivity index (χ0v) is 9.48. The van der Waals surface area contributed by atoms with Gasteiger partial charge in [-0.05, 0) is 0 Å². The first-order valence-corrected chi connectivity index (χ1v) is 5.25. The number of rotatable bonds is 2. The fourth-order valence-corrected chi connectivity index (χ4v) is 2.30. The van der Waals surface area contributed by atoms with Gasteiger partial charge in [0.1, 0.15) is 16.0 Å². The van der Waals surface area contributed by atoms with E-state index >= 15 is 0 Å². The number of fused-ring (bicyclic) bond motifs is 1. The maximum atomic E-state index is 11.6. The van der Waals surface area contributed by atoms with Crippen molar-refractivity contribution in [1.82, 2.24) is 9.38 Å². The highest BCUT2D eigenvalue weighted by molar-refractivity contribution is 7.19. The molecule has 0 aromatic carbocycles. The van der Waals surface area contributed by atoms with Crippen LogP contribution in [0.5, 0.6) is 0 Å². The third-order valence-electron chi connectivity index (χ3n) is 2.04. The third-order valence-corrected chi connectivity index (χ3v) is 3.13. The minimum absolute atomic E-state index is 0.0437. The molecule has 8 heteroatoms. The van der Waals surface area contributed by atoms with Gasteiger partial charge < -0.3 is 10.5 Å². The molecule has 1 amide bonds. The molecule has 0 aliphatic heterocycles. The van der Waals surface area contributed by atoms with Gasteiger partial charge in [0, 0.05) is 6.07 Å². The number of primary amides is 1. The number of hydrogen-bond acceptors (Lipinski definition) is 6. The van der Waals surface area contributed by atoms with Gasteiger partial charge in [-0.1, -0.05) is 0 Å². The number of nitrogens with zero attached hydrogens (tertiary/aromatic N) is 2. The number of esters is 1. The minimum Gasteiger partial charge on any atom is -0.465 e. The lowest BCUT2D eigenvalue weighted by molar-refractivity contribution is 0.0605. The summed E-state index contributed by atoms with van der Waals surface area (Å²) < 4.78 is 5.65. The van der Waals surface area contributed by atoms with E-state index < -0.39 is 17.4 Å². The molecular weight excluding hydrogens is 246 g/mol. The van der Waals surface area contributed by atoms with Gasteiger partial charge in [-0.3, -0.25) is 14.0 Å². The zero-order chi connectivity index (χ0) is 12.6. The lowest BCUT2D eigenvalue weighted by Crippen LogP contribution is -2.15. The molecule has 0 saturated carbocycles. The summed E-state index contributed by atoms with van der Waals surface area (Å²) in [5.41, 5.74) is 4.59.